The molecule has 1 aromatic carbocycles. The Morgan fingerprint density at radius 3 is 2.77 bits per heavy atom. The summed E-state index contributed by atoms with van der Waals surface area (Å²) < 4.78 is 11.0. The van der Waals surface area contributed by atoms with Crippen LogP contribution in [-0.2, 0) is 6.42 Å². The lowest BCUT2D eigenvalue weighted by molar-refractivity contribution is 0.0694. The summed E-state index contributed by atoms with van der Waals surface area (Å²) in [6, 6.07) is 6.40. The smallest absolute Gasteiger partial charge is 0.337 e. The number of pyridine rings is 1. The van der Waals surface area contributed by atoms with Crippen LogP contribution in [0.5, 0.6) is 11.5 Å². The molecule has 7 nitrogen and oxygen atoms in total. The average molecular weight is 377 g/mol. The van der Waals surface area contributed by atoms with Crippen molar-refractivity contribution in [1.82, 2.24) is 10.3 Å². The number of carbonyl (C=O) groups excluding carboxylic acids is 1. The molecule has 1 aliphatic heterocycles. The zero-order valence-corrected chi connectivity index (χ0v) is 14.8. The standard InChI is InChI=1S/C18H17ClN2O5/c1-10-12(18(23)24)2-3-14(21-10)17(22)20-5-4-11-8-13(19)16-15(9-11)25-6-7-26-16/h2-3,8-9H,4-7H2,1H3,(H,20,22)(H,23,24). The number of hydrogen-bond donors (Lipinski definition) is 2. The summed E-state index contributed by atoms with van der Waals surface area (Å²) in [6.07, 6.45) is 0.550. The fraction of sp³-hybridized carbons (Fsp3) is 0.278. The molecule has 8 heteroatoms. The fourth-order valence-corrected chi connectivity index (χ4v) is 2.92. The van der Waals surface area contributed by atoms with E-state index in [-0.39, 0.29) is 17.2 Å². The van der Waals surface area contributed by atoms with Gasteiger partial charge in [0.25, 0.3) is 5.91 Å². The lowest BCUT2D eigenvalue weighted by Crippen LogP contribution is -2.27. The lowest BCUT2D eigenvalue weighted by Gasteiger charge is -2.20. The van der Waals surface area contributed by atoms with Gasteiger partial charge in [-0.1, -0.05) is 11.6 Å². The van der Waals surface area contributed by atoms with Gasteiger partial charge in [0.15, 0.2) is 11.5 Å². The second-order valence-corrected chi connectivity index (χ2v) is 6.15. The van der Waals surface area contributed by atoms with Crippen LogP contribution in [0.1, 0.15) is 32.1 Å². The predicted molar refractivity (Wildman–Crippen MR) is 94.4 cm³/mol. The van der Waals surface area contributed by atoms with Crippen LogP contribution in [0.25, 0.3) is 0 Å². The first-order valence-electron chi connectivity index (χ1n) is 8.03. The molecule has 0 saturated heterocycles. The van der Waals surface area contributed by atoms with E-state index in [2.05, 4.69) is 10.3 Å². The van der Waals surface area contributed by atoms with Crippen molar-refractivity contribution in [3.63, 3.8) is 0 Å². The molecule has 1 amide bonds. The van der Waals surface area contributed by atoms with Gasteiger partial charge in [-0.25, -0.2) is 9.78 Å². The molecule has 1 aliphatic rings. The number of aromatic nitrogens is 1. The zero-order valence-electron chi connectivity index (χ0n) is 14.0. The number of nitrogens with zero attached hydrogens (tertiary/aromatic N) is 1. The second-order valence-electron chi connectivity index (χ2n) is 5.74. The summed E-state index contributed by atoms with van der Waals surface area (Å²) in [5.74, 6) is -0.290. The summed E-state index contributed by atoms with van der Waals surface area (Å²) in [5.41, 5.74) is 1.45. The van der Waals surface area contributed by atoms with Gasteiger partial charge < -0.3 is 19.9 Å². The number of aryl methyl sites for hydroxylation is 1. The molecule has 0 bridgehead atoms. The van der Waals surface area contributed by atoms with E-state index in [9.17, 15) is 9.59 Å². The van der Waals surface area contributed by atoms with Crippen molar-refractivity contribution in [2.24, 2.45) is 0 Å². The number of hydrogen-bond acceptors (Lipinski definition) is 5. The number of fused-ring (bicyclic) bond motifs is 1. The number of nitrogens with one attached hydrogen (secondary N) is 1. The minimum absolute atomic E-state index is 0.0764. The molecule has 26 heavy (non-hydrogen) atoms. The van der Waals surface area contributed by atoms with Crippen LogP contribution >= 0.6 is 11.6 Å². The van der Waals surface area contributed by atoms with Gasteiger partial charge >= 0.3 is 5.97 Å². The normalized spacial score (nSPS) is 12.5. The molecule has 2 aromatic rings. The van der Waals surface area contributed by atoms with Crippen molar-refractivity contribution in [2.45, 2.75) is 13.3 Å². The van der Waals surface area contributed by atoms with Crippen LogP contribution in [-0.4, -0.2) is 41.7 Å². The van der Waals surface area contributed by atoms with Crippen molar-refractivity contribution in [1.29, 1.82) is 0 Å². The van der Waals surface area contributed by atoms with E-state index in [1.807, 2.05) is 6.07 Å². The maximum Gasteiger partial charge on any atom is 0.337 e. The molecule has 0 saturated carbocycles. The minimum atomic E-state index is -1.07. The molecule has 2 N–H and O–H groups in total. The van der Waals surface area contributed by atoms with Crippen LogP contribution < -0.4 is 14.8 Å². The molecule has 0 radical (unpaired) electrons. The molecule has 0 fully saturated rings. The highest BCUT2D eigenvalue weighted by atomic mass is 35.5. The van der Waals surface area contributed by atoms with E-state index in [1.165, 1.54) is 12.1 Å². The molecule has 2 heterocycles. The quantitative estimate of drug-likeness (QED) is 0.832. The Labute approximate surface area is 154 Å². The Bertz CT molecular complexity index is 869. The topological polar surface area (TPSA) is 97.8 Å². The Morgan fingerprint density at radius 1 is 1.27 bits per heavy atom. The predicted octanol–water partition coefficient (Wildman–Crippen LogP) is 2.49. The van der Waals surface area contributed by atoms with E-state index >= 15 is 0 Å². The highest BCUT2D eigenvalue weighted by Gasteiger charge is 2.17. The van der Waals surface area contributed by atoms with Crippen LogP contribution in [0.2, 0.25) is 5.02 Å². The highest BCUT2D eigenvalue weighted by molar-refractivity contribution is 6.32. The number of halogens is 1. The van der Waals surface area contributed by atoms with Crippen molar-refractivity contribution in [3.8, 4) is 11.5 Å². The number of carboxylic acid groups (broad SMARTS) is 1. The van der Waals surface area contributed by atoms with Crippen molar-refractivity contribution in [3.05, 3.63) is 51.8 Å². The number of aromatic carboxylic acids is 1. The SMILES string of the molecule is Cc1nc(C(=O)NCCc2cc(Cl)c3c(c2)OCCO3)ccc1C(=O)O. The lowest BCUT2D eigenvalue weighted by atomic mass is 10.1. The van der Waals surface area contributed by atoms with E-state index in [1.54, 1.807) is 13.0 Å². The van der Waals surface area contributed by atoms with Crippen LogP contribution in [0.3, 0.4) is 0 Å². The number of amides is 1. The average Bonchev–Trinajstić information content (AvgIpc) is 2.61. The molecule has 136 valence electrons. The van der Waals surface area contributed by atoms with Gasteiger partial charge in [-0.2, -0.15) is 0 Å². The monoisotopic (exact) mass is 376 g/mol. The van der Waals surface area contributed by atoms with Crippen molar-refractivity contribution < 1.29 is 24.2 Å². The summed E-state index contributed by atoms with van der Waals surface area (Å²) in [5, 5.41) is 12.2. The van der Waals surface area contributed by atoms with E-state index in [0.717, 1.165) is 5.56 Å². The number of carbonyl (C=O) groups is 2. The molecule has 0 spiro atoms. The maximum absolute atomic E-state index is 12.2. The molecule has 0 aliphatic carbocycles. The van der Waals surface area contributed by atoms with Crippen molar-refractivity contribution >= 4 is 23.5 Å². The van der Waals surface area contributed by atoms with Gasteiger partial charge in [0.05, 0.1) is 16.3 Å². The molecule has 3 rings (SSSR count). The van der Waals surface area contributed by atoms with Gasteiger partial charge in [-0.3, -0.25) is 4.79 Å². The summed E-state index contributed by atoms with van der Waals surface area (Å²) in [7, 11) is 0. The van der Waals surface area contributed by atoms with Crippen LogP contribution in [0.4, 0.5) is 0 Å². The molecule has 0 atom stereocenters. The third-order valence-corrected chi connectivity index (χ3v) is 4.19. The van der Waals surface area contributed by atoms with E-state index < -0.39 is 5.97 Å². The Kier molecular flexibility index (Phi) is 5.27. The number of benzene rings is 1. The number of rotatable bonds is 5. The Morgan fingerprint density at radius 2 is 2.04 bits per heavy atom. The van der Waals surface area contributed by atoms with Gasteiger partial charge in [0, 0.05) is 6.54 Å². The second kappa shape index (κ2) is 7.61. The largest absolute Gasteiger partial charge is 0.486 e. The summed E-state index contributed by atoms with van der Waals surface area (Å²) >= 11 is 6.19. The number of carboxylic acids is 1. The van der Waals surface area contributed by atoms with E-state index in [4.69, 9.17) is 26.2 Å². The molecule has 1 aromatic heterocycles. The van der Waals surface area contributed by atoms with Crippen LogP contribution in [0.15, 0.2) is 24.3 Å². The first-order chi connectivity index (χ1) is 12.5. The zero-order chi connectivity index (χ0) is 18.7. The minimum Gasteiger partial charge on any atom is -0.486 e. The summed E-state index contributed by atoms with van der Waals surface area (Å²) in [6.45, 7) is 2.86. The first kappa shape index (κ1) is 18.0. The molecular formula is C18H17ClN2O5. The third-order valence-electron chi connectivity index (χ3n) is 3.90. The highest BCUT2D eigenvalue weighted by Crippen LogP contribution is 2.38. The first-order valence-corrected chi connectivity index (χ1v) is 8.40. The van der Waals surface area contributed by atoms with Gasteiger partial charge in [0.2, 0.25) is 0 Å². The fourth-order valence-electron chi connectivity index (χ4n) is 2.63. The molecule has 0 unspecified atom stereocenters. The maximum atomic E-state index is 12.2. The number of ether oxygens (including phenoxy) is 2. The molecular weight excluding hydrogens is 360 g/mol. The summed E-state index contributed by atoms with van der Waals surface area (Å²) in [4.78, 5) is 27.2. The van der Waals surface area contributed by atoms with Gasteiger partial charge in [-0.15, -0.1) is 0 Å². The Balaban J connectivity index is 1.61. The van der Waals surface area contributed by atoms with E-state index in [0.29, 0.717) is 48.4 Å². The van der Waals surface area contributed by atoms with Crippen LogP contribution in [0, 0.1) is 6.92 Å². The Hall–Kier alpha value is -2.80. The third kappa shape index (κ3) is 3.88. The van der Waals surface area contributed by atoms with Crippen molar-refractivity contribution in [2.75, 3.05) is 19.8 Å². The van der Waals surface area contributed by atoms with Gasteiger partial charge in [0.1, 0.15) is 18.9 Å². The van der Waals surface area contributed by atoms with Gasteiger partial charge in [-0.05, 0) is 43.2 Å².